The van der Waals surface area contributed by atoms with Crippen LogP contribution >= 0.6 is 7.14 Å². The first-order chi connectivity index (χ1) is 11.2. The highest BCUT2D eigenvalue weighted by atomic mass is 31.2. The molecule has 2 aromatic carbocycles. The van der Waals surface area contributed by atoms with E-state index in [4.69, 9.17) is 0 Å². The van der Waals surface area contributed by atoms with Gasteiger partial charge in [-0.15, -0.1) is 11.8 Å². The quantitative estimate of drug-likeness (QED) is 0.441. The molecule has 0 aliphatic carbocycles. The molecular formula is C20H21O2P. The Morgan fingerprint density at radius 2 is 1.48 bits per heavy atom. The van der Waals surface area contributed by atoms with Crippen LogP contribution in [0.3, 0.4) is 0 Å². The average Bonchev–Trinajstić information content (AvgIpc) is 2.60. The van der Waals surface area contributed by atoms with Crippen LogP contribution in [0.4, 0.5) is 0 Å². The number of carbonyl (C=O) groups excluding carboxylic acids is 1. The van der Waals surface area contributed by atoms with Gasteiger partial charge < -0.3 is 4.57 Å². The van der Waals surface area contributed by atoms with E-state index in [1.165, 1.54) is 0 Å². The molecular weight excluding hydrogens is 303 g/mol. The molecule has 0 fully saturated rings. The maximum Gasteiger partial charge on any atom is 0.150 e. The van der Waals surface area contributed by atoms with Crippen molar-refractivity contribution < 1.29 is 9.36 Å². The third-order valence-electron chi connectivity index (χ3n) is 3.68. The molecule has 0 heterocycles. The van der Waals surface area contributed by atoms with Crippen LogP contribution in [-0.4, -0.2) is 11.9 Å². The minimum atomic E-state index is -2.92. The molecule has 2 aromatic rings. The van der Waals surface area contributed by atoms with Gasteiger partial charge in [0.1, 0.15) is 12.9 Å². The lowest BCUT2D eigenvalue weighted by Crippen LogP contribution is -2.22. The summed E-state index contributed by atoms with van der Waals surface area (Å²) in [5, 5.41) is 1.49. The van der Waals surface area contributed by atoms with Crippen LogP contribution in [0.2, 0.25) is 0 Å². The zero-order valence-electron chi connectivity index (χ0n) is 13.4. The molecule has 118 valence electrons. The number of rotatable bonds is 7. The highest BCUT2D eigenvalue weighted by Gasteiger charge is 2.29. The van der Waals surface area contributed by atoms with E-state index in [1.54, 1.807) is 6.92 Å². The number of benzene rings is 2. The van der Waals surface area contributed by atoms with Crippen molar-refractivity contribution in [3.8, 4) is 11.8 Å². The Morgan fingerprint density at radius 1 is 0.957 bits per heavy atom. The number of ketones is 1. The molecule has 0 saturated carbocycles. The number of carbonyl (C=O) groups is 1. The summed E-state index contributed by atoms with van der Waals surface area (Å²) in [6.45, 7) is 1.79. The van der Waals surface area contributed by atoms with E-state index in [-0.39, 0.29) is 11.9 Å². The molecule has 0 radical (unpaired) electrons. The Hall–Kier alpha value is -2.10. The highest BCUT2D eigenvalue weighted by Crippen LogP contribution is 2.43. The lowest BCUT2D eigenvalue weighted by atomic mass is 10.2. The third kappa shape index (κ3) is 4.68. The molecule has 0 saturated heterocycles. The summed E-state index contributed by atoms with van der Waals surface area (Å²) in [4.78, 5) is 12.3. The van der Waals surface area contributed by atoms with Gasteiger partial charge in [0.25, 0.3) is 0 Å². The fourth-order valence-corrected chi connectivity index (χ4v) is 5.12. The summed E-state index contributed by atoms with van der Waals surface area (Å²) in [5.41, 5.74) is 0. The van der Waals surface area contributed by atoms with E-state index in [9.17, 15) is 9.36 Å². The average molecular weight is 324 g/mol. The lowest BCUT2D eigenvalue weighted by molar-refractivity contribution is -0.116. The summed E-state index contributed by atoms with van der Waals surface area (Å²) in [6, 6.07) is 18.7. The summed E-state index contributed by atoms with van der Waals surface area (Å²) < 4.78 is 13.7. The first-order valence-electron chi connectivity index (χ1n) is 7.78. The summed E-state index contributed by atoms with van der Waals surface area (Å²) in [5.74, 6) is 5.82. The van der Waals surface area contributed by atoms with Crippen LogP contribution in [0, 0.1) is 11.8 Å². The maximum absolute atomic E-state index is 13.7. The Morgan fingerprint density at radius 3 is 1.96 bits per heavy atom. The van der Waals surface area contributed by atoms with Crippen molar-refractivity contribution in [2.24, 2.45) is 0 Å². The van der Waals surface area contributed by atoms with E-state index >= 15 is 0 Å². The Labute approximate surface area is 138 Å². The number of Topliss-reactive ketones (excluding diaryl/α,β-unsaturated/α-hetero) is 1. The van der Waals surface area contributed by atoms with Crippen molar-refractivity contribution in [2.75, 3.05) is 6.16 Å². The van der Waals surface area contributed by atoms with Crippen LogP contribution in [0.15, 0.2) is 60.7 Å². The third-order valence-corrected chi connectivity index (χ3v) is 6.74. The van der Waals surface area contributed by atoms with Crippen LogP contribution < -0.4 is 10.6 Å². The van der Waals surface area contributed by atoms with Crippen molar-refractivity contribution in [2.45, 2.75) is 26.2 Å². The van der Waals surface area contributed by atoms with Crippen molar-refractivity contribution in [1.29, 1.82) is 0 Å². The molecule has 0 bridgehead atoms. The SMILES string of the molecule is CC#CCCCC(=O)CP(=O)(c1ccccc1)c1ccccc1. The minimum Gasteiger partial charge on any atom is -0.313 e. The van der Waals surface area contributed by atoms with Gasteiger partial charge in [0, 0.05) is 23.5 Å². The highest BCUT2D eigenvalue weighted by molar-refractivity contribution is 7.79. The van der Waals surface area contributed by atoms with Gasteiger partial charge in [-0.1, -0.05) is 60.7 Å². The second kappa shape index (κ2) is 8.51. The standard InChI is InChI=1S/C20H21O2P/c1-2-3-4-7-12-18(21)17-23(22,19-13-8-5-9-14-19)20-15-10-6-11-16-20/h5-6,8-11,13-16H,4,7,12,17H2,1H3. The first-order valence-corrected chi connectivity index (χ1v) is 9.67. The van der Waals surface area contributed by atoms with Gasteiger partial charge in [-0.25, -0.2) is 0 Å². The van der Waals surface area contributed by atoms with Gasteiger partial charge in [-0.2, -0.15) is 0 Å². The molecule has 2 nitrogen and oxygen atoms in total. The molecule has 0 spiro atoms. The molecule has 0 atom stereocenters. The molecule has 2 rings (SSSR count). The van der Waals surface area contributed by atoms with E-state index in [0.29, 0.717) is 12.8 Å². The number of hydrogen-bond acceptors (Lipinski definition) is 2. The van der Waals surface area contributed by atoms with E-state index in [2.05, 4.69) is 11.8 Å². The van der Waals surface area contributed by atoms with Gasteiger partial charge in [-0.3, -0.25) is 4.79 Å². The van der Waals surface area contributed by atoms with Crippen molar-refractivity contribution in [1.82, 2.24) is 0 Å². The molecule has 0 N–H and O–H groups in total. The van der Waals surface area contributed by atoms with E-state index in [0.717, 1.165) is 17.0 Å². The van der Waals surface area contributed by atoms with Crippen molar-refractivity contribution in [3.05, 3.63) is 60.7 Å². The smallest absolute Gasteiger partial charge is 0.150 e. The largest absolute Gasteiger partial charge is 0.313 e. The van der Waals surface area contributed by atoms with Crippen LogP contribution in [0.1, 0.15) is 26.2 Å². The van der Waals surface area contributed by atoms with E-state index in [1.807, 2.05) is 60.7 Å². The molecule has 0 unspecified atom stereocenters. The predicted molar refractivity (Wildman–Crippen MR) is 96.9 cm³/mol. The van der Waals surface area contributed by atoms with Gasteiger partial charge in [-0.05, 0) is 13.3 Å². The summed E-state index contributed by atoms with van der Waals surface area (Å²) in [6.07, 6.45) is 1.95. The molecule has 0 amide bonds. The minimum absolute atomic E-state index is 0.0407. The van der Waals surface area contributed by atoms with Crippen molar-refractivity contribution in [3.63, 3.8) is 0 Å². The zero-order valence-corrected chi connectivity index (χ0v) is 14.3. The van der Waals surface area contributed by atoms with Gasteiger partial charge in [0.2, 0.25) is 0 Å². The molecule has 0 aliphatic rings. The Balaban J connectivity index is 2.23. The molecule has 0 aliphatic heterocycles. The first kappa shape index (κ1) is 17.3. The van der Waals surface area contributed by atoms with E-state index < -0.39 is 7.14 Å². The topological polar surface area (TPSA) is 34.1 Å². The van der Waals surface area contributed by atoms with Gasteiger partial charge in [0.15, 0.2) is 0 Å². The zero-order chi connectivity index (χ0) is 16.5. The monoisotopic (exact) mass is 324 g/mol. The Bertz CT molecular complexity index is 696. The van der Waals surface area contributed by atoms with Crippen molar-refractivity contribution >= 4 is 23.5 Å². The van der Waals surface area contributed by atoms with Crippen LogP contribution in [-0.2, 0) is 9.36 Å². The second-order valence-electron chi connectivity index (χ2n) is 5.39. The van der Waals surface area contributed by atoms with Crippen LogP contribution in [0.25, 0.3) is 0 Å². The second-order valence-corrected chi connectivity index (χ2v) is 8.22. The lowest BCUT2D eigenvalue weighted by Gasteiger charge is -2.18. The van der Waals surface area contributed by atoms with Gasteiger partial charge in [0.05, 0.1) is 6.16 Å². The summed E-state index contributed by atoms with van der Waals surface area (Å²) in [7, 11) is -2.92. The predicted octanol–water partition coefficient (Wildman–Crippen LogP) is 3.76. The Kier molecular flexibility index (Phi) is 6.39. The fourth-order valence-electron chi connectivity index (χ4n) is 2.50. The molecule has 0 aromatic heterocycles. The number of hydrogen-bond donors (Lipinski definition) is 0. The normalized spacial score (nSPS) is 10.7. The maximum atomic E-state index is 13.7. The summed E-state index contributed by atoms with van der Waals surface area (Å²) >= 11 is 0. The molecule has 23 heavy (non-hydrogen) atoms. The fraction of sp³-hybridized carbons (Fsp3) is 0.250. The van der Waals surface area contributed by atoms with Gasteiger partial charge >= 0.3 is 0 Å². The number of unbranched alkanes of at least 4 members (excludes halogenated alkanes) is 1. The molecule has 3 heteroatoms. The van der Waals surface area contributed by atoms with Crippen LogP contribution in [0.5, 0.6) is 0 Å².